The molecule has 122 valence electrons. The van der Waals surface area contributed by atoms with Crippen LogP contribution in [0.4, 0.5) is 0 Å². The van der Waals surface area contributed by atoms with Crippen LogP contribution >= 0.6 is 11.8 Å². The largest absolute Gasteiger partial charge is 0.452 e. The summed E-state index contributed by atoms with van der Waals surface area (Å²) in [4.78, 5) is 29.2. The highest BCUT2D eigenvalue weighted by Gasteiger charge is 2.16. The van der Waals surface area contributed by atoms with Gasteiger partial charge in [-0.25, -0.2) is 9.78 Å². The Kier molecular flexibility index (Phi) is 5.75. The number of nitrogens with zero attached hydrogens (tertiary/aromatic N) is 3. The Labute approximate surface area is 138 Å². The third kappa shape index (κ3) is 4.82. The monoisotopic (exact) mass is 335 g/mol. The molecule has 0 bridgehead atoms. The summed E-state index contributed by atoms with van der Waals surface area (Å²) in [7, 11) is 3.20. The highest BCUT2D eigenvalue weighted by atomic mass is 32.2. The lowest BCUT2D eigenvalue weighted by molar-refractivity contribution is -0.131. The Morgan fingerprint density at radius 2 is 2.17 bits per heavy atom. The molecule has 0 saturated carbocycles. The van der Waals surface area contributed by atoms with Gasteiger partial charge in [0.2, 0.25) is 0 Å². The summed E-state index contributed by atoms with van der Waals surface area (Å²) in [5.41, 5.74) is 1.09. The molecule has 0 aliphatic heterocycles. The molecule has 0 fully saturated rings. The van der Waals surface area contributed by atoms with Crippen molar-refractivity contribution in [2.45, 2.75) is 17.7 Å². The standard InChI is InChI=1S/C15H17N3O4S/c1-10-7-11(17-22-10)9-23-14-12(5-4-6-16-14)15(20)21-8-13(19)18(2)3/h4-7H,8-9H2,1-3H3. The van der Waals surface area contributed by atoms with Gasteiger partial charge in [-0.3, -0.25) is 4.79 Å². The number of amides is 1. The first-order valence-electron chi connectivity index (χ1n) is 6.84. The number of esters is 1. The predicted molar refractivity (Wildman–Crippen MR) is 84.0 cm³/mol. The fourth-order valence-electron chi connectivity index (χ4n) is 1.62. The van der Waals surface area contributed by atoms with Crippen LogP contribution in [0.2, 0.25) is 0 Å². The van der Waals surface area contributed by atoms with Crippen LogP contribution in [-0.4, -0.2) is 47.6 Å². The van der Waals surface area contributed by atoms with Gasteiger partial charge in [0.25, 0.3) is 5.91 Å². The summed E-state index contributed by atoms with van der Waals surface area (Å²) in [5.74, 6) is 0.385. The number of aromatic nitrogens is 2. The molecule has 8 heteroatoms. The molecule has 0 aliphatic rings. The average Bonchev–Trinajstić information content (AvgIpc) is 2.96. The molecule has 1 amide bonds. The number of likely N-dealkylation sites (N-methyl/N-ethyl adjacent to an activating group) is 1. The van der Waals surface area contributed by atoms with Gasteiger partial charge in [-0.05, 0) is 19.1 Å². The third-order valence-electron chi connectivity index (χ3n) is 2.85. The number of carbonyl (C=O) groups excluding carboxylic acids is 2. The van der Waals surface area contributed by atoms with Gasteiger partial charge in [0, 0.05) is 32.1 Å². The van der Waals surface area contributed by atoms with E-state index in [0.717, 1.165) is 11.5 Å². The van der Waals surface area contributed by atoms with E-state index in [1.165, 1.54) is 16.7 Å². The second kappa shape index (κ2) is 7.77. The van der Waals surface area contributed by atoms with E-state index in [0.29, 0.717) is 16.3 Å². The van der Waals surface area contributed by atoms with E-state index in [1.54, 1.807) is 32.4 Å². The van der Waals surface area contributed by atoms with E-state index in [-0.39, 0.29) is 12.5 Å². The second-order valence-corrected chi connectivity index (χ2v) is 5.90. The van der Waals surface area contributed by atoms with Crippen molar-refractivity contribution in [1.82, 2.24) is 15.0 Å². The van der Waals surface area contributed by atoms with Crippen molar-refractivity contribution in [1.29, 1.82) is 0 Å². The first-order chi connectivity index (χ1) is 11.0. The molecule has 0 N–H and O–H groups in total. The van der Waals surface area contributed by atoms with E-state index >= 15 is 0 Å². The number of thioether (sulfide) groups is 1. The van der Waals surface area contributed by atoms with Crippen LogP contribution in [0.15, 0.2) is 33.9 Å². The lowest BCUT2D eigenvalue weighted by atomic mass is 10.3. The molecule has 2 aromatic heterocycles. The Balaban J connectivity index is 2.01. The molecule has 23 heavy (non-hydrogen) atoms. The molecule has 2 rings (SSSR count). The molecule has 0 atom stereocenters. The summed E-state index contributed by atoms with van der Waals surface area (Å²) in [6.07, 6.45) is 1.60. The lowest BCUT2D eigenvalue weighted by Crippen LogP contribution is -2.27. The van der Waals surface area contributed by atoms with E-state index in [1.807, 2.05) is 13.0 Å². The zero-order valence-electron chi connectivity index (χ0n) is 13.1. The molecule has 0 aromatic carbocycles. The number of carbonyl (C=O) groups is 2. The zero-order valence-corrected chi connectivity index (χ0v) is 13.9. The third-order valence-corrected chi connectivity index (χ3v) is 3.89. The summed E-state index contributed by atoms with van der Waals surface area (Å²) in [6, 6.07) is 5.09. The fourth-order valence-corrected chi connectivity index (χ4v) is 2.49. The topological polar surface area (TPSA) is 85.5 Å². The van der Waals surface area contributed by atoms with E-state index in [9.17, 15) is 9.59 Å². The number of rotatable bonds is 6. The normalized spacial score (nSPS) is 10.4. The van der Waals surface area contributed by atoms with Gasteiger partial charge in [0.05, 0.1) is 11.3 Å². The van der Waals surface area contributed by atoms with Gasteiger partial charge in [0.1, 0.15) is 10.8 Å². The van der Waals surface area contributed by atoms with Gasteiger partial charge >= 0.3 is 5.97 Å². The minimum Gasteiger partial charge on any atom is -0.452 e. The van der Waals surface area contributed by atoms with Gasteiger partial charge < -0.3 is 14.2 Å². The summed E-state index contributed by atoms with van der Waals surface area (Å²) in [5, 5.41) is 4.42. The molecule has 0 unspecified atom stereocenters. The molecule has 0 aliphatic carbocycles. The Morgan fingerprint density at radius 1 is 1.39 bits per heavy atom. The van der Waals surface area contributed by atoms with Crippen LogP contribution in [0.5, 0.6) is 0 Å². The molecule has 2 heterocycles. The van der Waals surface area contributed by atoms with Crippen LogP contribution in [0.3, 0.4) is 0 Å². The van der Waals surface area contributed by atoms with Crippen molar-refractivity contribution >= 4 is 23.6 Å². The quantitative estimate of drug-likeness (QED) is 0.589. The number of pyridine rings is 1. The SMILES string of the molecule is Cc1cc(CSc2ncccc2C(=O)OCC(=O)N(C)C)no1. The van der Waals surface area contributed by atoms with Crippen molar-refractivity contribution in [2.75, 3.05) is 20.7 Å². The summed E-state index contributed by atoms with van der Waals surface area (Å²) >= 11 is 1.35. The molecule has 0 saturated heterocycles. The van der Waals surface area contributed by atoms with Crippen LogP contribution < -0.4 is 0 Å². The summed E-state index contributed by atoms with van der Waals surface area (Å²) in [6.45, 7) is 1.51. The van der Waals surface area contributed by atoms with Gasteiger partial charge in [0.15, 0.2) is 6.61 Å². The van der Waals surface area contributed by atoms with Crippen LogP contribution in [-0.2, 0) is 15.3 Å². The van der Waals surface area contributed by atoms with Crippen LogP contribution in [0, 0.1) is 6.92 Å². The molecule has 0 spiro atoms. The number of ether oxygens (including phenoxy) is 1. The summed E-state index contributed by atoms with van der Waals surface area (Å²) < 4.78 is 10.0. The lowest BCUT2D eigenvalue weighted by Gasteiger charge is -2.11. The number of hydrogen-bond donors (Lipinski definition) is 0. The molecule has 0 radical (unpaired) electrons. The number of hydrogen-bond acceptors (Lipinski definition) is 7. The van der Waals surface area contributed by atoms with Gasteiger partial charge in [-0.15, -0.1) is 0 Å². The first-order valence-corrected chi connectivity index (χ1v) is 7.83. The van der Waals surface area contributed by atoms with Gasteiger partial charge in [-0.1, -0.05) is 16.9 Å². The van der Waals surface area contributed by atoms with Crippen molar-refractivity contribution in [2.24, 2.45) is 0 Å². The van der Waals surface area contributed by atoms with Crippen molar-refractivity contribution in [3.63, 3.8) is 0 Å². The minimum atomic E-state index is -0.577. The minimum absolute atomic E-state index is 0.283. The maximum atomic E-state index is 12.1. The van der Waals surface area contributed by atoms with Crippen molar-refractivity contribution in [3.8, 4) is 0 Å². The maximum Gasteiger partial charge on any atom is 0.341 e. The average molecular weight is 335 g/mol. The van der Waals surface area contributed by atoms with Crippen molar-refractivity contribution < 1.29 is 18.8 Å². The van der Waals surface area contributed by atoms with E-state index < -0.39 is 5.97 Å². The maximum absolute atomic E-state index is 12.1. The second-order valence-electron chi connectivity index (χ2n) is 4.94. The van der Waals surface area contributed by atoms with Gasteiger partial charge in [-0.2, -0.15) is 0 Å². The predicted octanol–water partition coefficient (Wildman–Crippen LogP) is 1.92. The highest BCUT2D eigenvalue weighted by molar-refractivity contribution is 7.98. The van der Waals surface area contributed by atoms with Crippen LogP contribution in [0.25, 0.3) is 0 Å². The molecule has 2 aromatic rings. The van der Waals surface area contributed by atoms with E-state index in [2.05, 4.69) is 10.1 Å². The fraction of sp³-hybridized carbons (Fsp3) is 0.333. The molecular weight excluding hydrogens is 318 g/mol. The zero-order chi connectivity index (χ0) is 16.8. The Hall–Kier alpha value is -2.35. The highest BCUT2D eigenvalue weighted by Crippen LogP contribution is 2.24. The Bertz CT molecular complexity index is 700. The first kappa shape index (κ1) is 17.0. The molecular formula is C15H17N3O4S. The van der Waals surface area contributed by atoms with Crippen molar-refractivity contribution in [3.05, 3.63) is 41.4 Å². The molecule has 7 nitrogen and oxygen atoms in total. The van der Waals surface area contributed by atoms with Crippen LogP contribution in [0.1, 0.15) is 21.8 Å². The smallest absolute Gasteiger partial charge is 0.341 e. The number of aryl methyl sites for hydroxylation is 1. The Morgan fingerprint density at radius 3 is 2.83 bits per heavy atom. The van der Waals surface area contributed by atoms with E-state index in [4.69, 9.17) is 9.26 Å².